The van der Waals surface area contributed by atoms with E-state index < -0.39 is 0 Å². The predicted octanol–water partition coefficient (Wildman–Crippen LogP) is 3.96. The Labute approximate surface area is 170 Å². The summed E-state index contributed by atoms with van der Waals surface area (Å²) in [4.78, 5) is 33.0. The molecule has 6 nitrogen and oxygen atoms in total. The maximum atomic E-state index is 12.5. The number of benzene rings is 1. The molecule has 3 aromatic rings. The van der Waals surface area contributed by atoms with Gasteiger partial charge in [0.1, 0.15) is 5.69 Å². The van der Waals surface area contributed by atoms with Crippen LogP contribution in [0.5, 0.6) is 0 Å². The molecule has 6 heteroatoms. The second-order valence-electron chi connectivity index (χ2n) is 7.75. The fourth-order valence-electron chi connectivity index (χ4n) is 2.73. The van der Waals surface area contributed by atoms with Crippen molar-refractivity contribution in [1.29, 1.82) is 0 Å². The Kier molecular flexibility index (Phi) is 6.02. The lowest BCUT2D eigenvalue weighted by Gasteiger charge is -2.19. The molecular weight excluding hydrogens is 364 g/mol. The van der Waals surface area contributed by atoms with E-state index in [0.717, 1.165) is 5.56 Å². The largest absolute Gasteiger partial charge is 0.348 e. The topological polar surface area (TPSA) is 84.0 Å². The summed E-state index contributed by atoms with van der Waals surface area (Å²) in [6, 6.07) is 14.4. The van der Waals surface area contributed by atoms with Crippen molar-refractivity contribution in [1.82, 2.24) is 15.3 Å². The first-order chi connectivity index (χ1) is 13.8. The van der Waals surface area contributed by atoms with E-state index in [0.29, 0.717) is 17.8 Å². The fraction of sp³-hybridized carbons (Fsp3) is 0.217. The number of pyridine rings is 2. The normalized spacial score (nSPS) is 11.0. The first kappa shape index (κ1) is 20.2. The maximum absolute atomic E-state index is 12.5. The highest BCUT2D eigenvalue weighted by atomic mass is 16.2. The molecule has 1 aromatic carbocycles. The van der Waals surface area contributed by atoms with Gasteiger partial charge in [0, 0.05) is 36.4 Å². The fourth-order valence-corrected chi connectivity index (χ4v) is 2.73. The number of carbonyl (C=O) groups excluding carboxylic acids is 2. The van der Waals surface area contributed by atoms with Gasteiger partial charge in [-0.25, -0.2) is 0 Å². The molecule has 0 aliphatic carbocycles. The van der Waals surface area contributed by atoms with Crippen molar-refractivity contribution in [2.24, 2.45) is 0 Å². The van der Waals surface area contributed by atoms with Crippen LogP contribution in [0.15, 0.2) is 67.1 Å². The van der Waals surface area contributed by atoms with Crippen LogP contribution in [0.3, 0.4) is 0 Å². The Morgan fingerprint density at radius 2 is 1.59 bits per heavy atom. The van der Waals surface area contributed by atoms with Crippen molar-refractivity contribution in [3.05, 3.63) is 89.5 Å². The van der Waals surface area contributed by atoms with E-state index in [1.54, 1.807) is 18.5 Å². The van der Waals surface area contributed by atoms with E-state index in [-0.39, 0.29) is 22.9 Å². The Morgan fingerprint density at radius 1 is 0.897 bits per heavy atom. The van der Waals surface area contributed by atoms with E-state index in [4.69, 9.17) is 0 Å². The average Bonchev–Trinajstić information content (AvgIpc) is 2.72. The molecule has 148 valence electrons. The Morgan fingerprint density at radius 3 is 2.24 bits per heavy atom. The first-order valence-corrected chi connectivity index (χ1v) is 9.38. The summed E-state index contributed by atoms with van der Waals surface area (Å²) in [7, 11) is 0. The molecule has 0 unspecified atom stereocenters. The van der Waals surface area contributed by atoms with Gasteiger partial charge >= 0.3 is 0 Å². The zero-order chi connectivity index (χ0) is 20.9. The highest BCUT2D eigenvalue weighted by molar-refractivity contribution is 6.04. The molecule has 2 amide bonds. The Hall–Kier alpha value is -3.54. The molecule has 0 saturated heterocycles. The number of nitrogens with one attached hydrogen (secondary N) is 2. The van der Waals surface area contributed by atoms with Crippen LogP contribution in [0, 0.1) is 0 Å². The van der Waals surface area contributed by atoms with Gasteiger partial charge in [0.05, 0.1) is 0 Å². The number of anilines is 1. The van der Waals surface area contributed by atoms with Gasteiger partial charge < -0.3 is 10.6 Å². The molecule has 0 bridgehead atoms. The van der Waals surface area contributed by atoms with Gasteiger partial charge in [0.15, 0.2) is 0 Å². The van der Waals surface area contributed by atoms with Gasteiger partial charge in [0.2, 0.25) is 0 Å². The molecule has 2 aromatic heterocycles. The van der Waals surface area contributed by atoms with Gasteiger partial charge in [-0.2, -0.15) is 0 Å². The standard InChI is InChI=1S/C23H24N4O2/c1-23(2,3)18-4-6-19(7-5-18)27-22(29)20-14-17(10-13-25-20)21(28)26-15-16-8-11-24-12-9-16/h4-14H,15H2,1-3H3,(H,26,28)(H,27,29). The third-order valence-corrected chi connectivity index (χ3v) is 4.47. The van der Waals surface area contributed by atoms with Crippen LogP contribution in [0.2, 0.25) is 0 Å². The van der Waals surface area contributed by atoms with Gasteiger partial charge in [-0.15, -0.1) is 0 Å². The number of aromatic nitrogens is 2. The minimum atomic E-state index is -0.364. The summed E-state index contributed by atoms with van der Waals surface area (Å²) < 4.78 is 0. The molecule has 29 heavy (non-hydrogen) atoms. The van der Waals surface area contributed by atoms with E-state index >= 15 is 0 Å². The third-order valence-electron chi connectivity index (χ3n) is 4.47. The molecule has 3 rings (SSSR count). The second-order valence-corrected chi connectivity index (χ2v) is 7.75. The average molecular weight is 388 g/mol. The van der Waals surface area contributed by atoms with Gasteiger partial charge in [0.25, 0.3) is 11.8 Å². The lowest BCUT2D eigenvalue weighted by molar-refractivity contribution is 0.0950. The van der Waals surface area contributed by atoms with E-state index in [1.165, 1.54) is 17.8 Å². The summed E-state index contributed by atoms with van der Waals surface area (Å²) >= 11 is 0. The van der Waals surface area contributed by atoms with Gasteiger partial charge in [-0.3, -0.25) is 19.6 Å². The van der Waals surface area contributed by atoms with Crippen molar-refractivity contribution in [2.75, 3.05) is 5.32 Å². The van der Waals surface area contributed by atoms with Crippen molar-refractivity contribution < 1.29 is 9.59 Å². The van der Waals surface area contributed by atoms with Crippen LogP contribution in [0.4, 0.5) is 5.69 Å². The van der Waals surface area contributed by atoms with Crippen LogP contribution < -0.4 is 10.6 Å². The molecule has 2 N–H and O–H groups in total. The highest BCUT2D eigenvalue weighted by Crippen LogP contribution is 2.23. The monoisotopic (exact) mass is 388 g/mol. The number of amides is 2. The molecule has 0 saturated carbocycles. The second kappa shape index (κ2) is 8.65. The summed E-state index contributed by atoms with van der Waals surface area (Å²) in [5.41, 5.74) is 3.41. The van der Waals surface area contributed by atoms with E-state index in [9.17, 15) is 9.59 Å². The molecule has 0 atom stereocenters. The summed E-state index contributed by atoms with van der Waals surface area (Å²) in [5.74, 6) is -0.634. The number of hydrogen-bond acceptors (Lipinski definition) is 4. The minimum Gasteiger partial charge on any atom is -0.348 e. The van der Waals surface area contributed by atoms with Crippen LogP contribution >= 0.6 is 0 Å². The van der Waals surface area contributed by atoms with Crippen molar-refractivity contribution in [2.45, 2.75) is 32.7 Å². The quantitative estimate of drug-likeness (QED) is 0.693. The number of rotatable bonds is 5. The maximum Gasteiger partial charge on any atom is 0.274 e. The van der Waals surface area contributed by atoms with Crippen LogP contribution in [0.25, 0.3) is 0 Å². The van der Waals surface area contributed by atoms with Crippen molar-refractivity contribution in [3.8, 4) is 0 Å². The molecule has 2 heterocycles. The third kappa shape index (κ3) is 5.48. The smallest absolute Gasteiger partial charge is 0.274 e. The lowest BCUT2D eigenvalue weighted by atomic mass is 9.87. The van der Waals surface area contributed by atoms with Crippen molar-refractivity contribution >= 4 is 17.5 Å². The summed E-state index contributed by atoms with van der Waals surface area (Å²) in [6.07, 6.45) is 4.80. The molecule has 0 aliphatic heterocycles. The van der Waals surface area contributed by atoms with Gasteiger partial charge in [-0.1, -0.05) is 32.9 Å². The van der Waals surface area contributed by atoms with E-state index in [2.05, 4.69) is 41.4 Å². The first-order valence-electron chi connectivity index (χ1n) is 9.38. The molecule has 0 radical (unpaired) electrons. The van der Waals surface area contributed by atoms with Crippen molar-refractivity contribution in [3.63, 3.8) is 0 Å². The molecule has 0 spiro atoms. The Balaban J connectivity index is 1.65. The zero-order valence-electron chi connectivity index (χ0n) is 16.8. The predicted molar refractivity (Wildman–Crippen MR) is 113 cm³/mol. The lowest BCUT2D eigenvalue weighted by Crippen LogP contribution is -2.23. The summed E-state index contributed by atoms with van der Waals surface area (Å²) in [6.45, 7) is 6.78. The molecule has 0 fully saturated rings. The van der Waals surface area contributed by atoms with Crippen LogP contribution in [-0.4, -0.2) is 21.8 Å². The zero-order valence-corrected chi connectivity index (χ0v) is 16.8. The number of hydrogen-bond donors (Lipinski definition) is 2. The van der Waals surface area contributed by atoms with Crippen LogP contribution in [-0.2, 0) is 12.0 Å². The molecular formula is C23H24N4O2. The highest BCUT2D eigenvalue weighted by Gasteiger charge is 2.15. The molecule has 0 aliphatic rings. The van der Waals surface area contributed by atoms with Crippen LogP contribution in [0.1, 0.15) is 52.7 Å². The minimum absolute atomic E-state index is 0.0437. The summed E-state index contributed by atoms with van der Waals surface area (Å²) in [5, 5.41) is 5.65. The SMILES string of the molecule is CC(C)(C)c1ccc(NC(=O)c2cc(C(=O)NCc3ccncc3)ccn2)cc1. The Bertz CT molecular complexity index is 993. The van der Waals surface area contributed by atoms with Gasteiger partial charge in [-0.05, 0) is 52.9 Å². The number of carbonyl (C=O) groups is 2. The van der Waals surface area contributed by atoms with E-state index in [1.807, 2.05) is 36.4 Å². The number of nitrogens with zero attached hydrogens (tertiary/aromatic N) is 2.